The van der Waals surface area contributed by atoms with E-state index in [2.05, 4.69) is 0 Å². The smallest absolute Gasteiger partial charge is 0.306 e. The molecular formula is C18H28N2O5. The molecule has 3 fully saturated rings. The molecule has 2 atom stereocenters. The number of hydrogen-bond acceptors (Lipinski definition) is 4. The van der Waals surface area contributed by atoms with Gasteiger partial charge >= 0.3 is 5.97 Å². The van der Waals surface area contributed by atoms with Crippen molar-refractivity contribution >= 4 is 17.8 Å². The van der Waals surface area contributed by atoms with Crippen molar-refractivity contribution < 1.29 is 24.2 Å². The molecule has 2 aliphatic heterocycles. The maximum atomic E-state index is 12.7. The van der Waals surface area contributed by atoms with Gasteiger partial charge in [0.25, 0.3) is 0 Å². The predicted molar refractivity (Wildman–Crippen MR) is 89.8 cm³/mol. The number of carboxylic acid groups (broad SMARTS) is 1. The highest BCUT2D eigenvalue weighted by Gasteiger charge is 2.36. The molecule has 1 saturated carbocycles. The molecule has 3 aliphatic rings. The van der Waals surface area contributed by atoms with Gasteiger partial charge in [-0.25, -0.2) is 0 Å². The molecule has 2 heterocycles. The number of amides is 2. The van der Waals surface area contributed by atoms with E-state index in [-0.39, 0.29) is 29.6 Å². The molecule has 25 heavy (non-hydrogen) atoms. The second-order valence-corrected chi connectivity index (χ2v) is 7.44. The van der Waals surface area contributed by atoms with E-state index >= 15 is 0 Å². The third-order valence-electron chi connectivity index (χ3n) is 5.85. The van der Waals surface area contributed by atoms with E-state index in [0.717, 1.165) is 12.8 Å². The normalized spacial score (nSPS) is 28.6. The first-order valence-corrected chi connectivity index (χ1v) is 9.44. The number of nitrogens with zero attached hydrogens (tertiary/aromatic N) is 2. The van der Waals surface area contributed by atoms with Gasteiger partial charge < -0.3 is 19.6 Å². The van der Waals surface area contributed by atoms with E-state index in [4.69, 9.17) is 4.74 Å². The fourth-order valence-corrected chi connectivity index (χ4v) is 4.29. The number of hydrogen-bond donors (Lipinski definition) is 1. The van der Waals surface area contributed by atoms with Gasteiger partial charge in [-0.3, -0.25) is 14.4 Å². The molecule has 7 heteroatoms. The van der Waals surface area contributed by atoms with Crippen LogP contribution in [0.15, 0.2) is 0 Å². The van der Waals surface area contributed by atoms with E-state index < -0.39 is 5.97 Å². The first kappa shape index (κ1) is 18.2. The summed E-state index contributed by atoms with van der Waals surface area (Å²) in [5, 5.41) is 9.19. The topological polar surface area (TPSA) is 87.2 Å². The molecule has 0 radical (unpaired) electrons. The van der Waals surface area contributed by atoms with Crippen molar-refractivity contribution in [2.45, 2.75) is 38.5 Å². The van der Waals surface area contributed by atoms with Crippen LogP contribution in [-0.2, 0) is 19.1 Å². The third-order valence-corrected chi connectivity index (χ3v) is 5.85. The predicted octanol–water partition coefficient (Wildman–Crippen LogP) is 0.975. The summed E-state index contributed by atoms with van der Waals surface area (Å²) in [5.41, 5.74) is 0. The Morgan fingerprint density at radius 1 is 0.760 bits per heavy atom. The molecule has 1 aliphatic carbocycles. The standard InChI is InChI=1S/C18H28N2O5/c21-16(20-8-10-25-11-9-20)13-4-6-19(7-5-13)17(22)14-2-1-3-15(12-14)18(23)24/h13-15H,1-12H2,(H,23,24). The lowest BCUT2D eigenvalue weighted by Gasteiger charge is -2.37. The van der Waals surface area contributed by atoms with Crippen LogP contribution in [-0.4, -0.2) is 72.1 Å². The Hall–Kier alpha value is -1.63. The highest BCUT2D eigenvalue weighted by molar-refractivity contribution is 5.82. The van der Waals surface area contributed by atoms with E-state index in [1.54, 1.807) is 0 Å². The third kappa shape index (κ3) is 4.32. The second kappa shape index (κ2) is 8.17. The molecule has 0 aromatic carbocycles. The minimum atomic E-state index is -0.785. The van der Waals surface area contributed by atoms with Crippen molar-refractivity contribution in [3.63, 3.8) is 0 Å². The number of piperidine rings is 1. The van der Waals surface area contributed by atoms with Crippen LogP contribution in [0.1, 0.15) is 38.5 Å². The largest absolute Gasteiger partial charge is 0.481 e. The first-order valence-electron chi connectivity index (χ1n) is 9.44. The van der Waals surface area contributed by atoms with Crippen LogP contribution < -0.4 is 0 Å². The summed E-state index contributed by atoms with van der Waals surface area (Å²) < 4.78 is 5.29. The number of carboxylic acids is 1. The van der Waals surface area contributed by atoms with Gasteiger partial charge in [-0.05, 0) is 32.1 Å². The van der Waals surface area contributed by atoms with Crippen molar-refractivity contribution in [2.24, 2.45) is 17.8 Å². The van der Waals surface area contributed by atoms with Crippen LogP contribution in [0.2, 0.25) is 0 Å². The zero-order valence-corrected chi connectivity index (χ0v) is 14.7. The number of ether oxygens (including phenoxy) is 1. The van der Waals surface area contributed by atoms with Gasteiger partial charge in [-0.2, -0.15) is 0 Å². The van der Waals surface area contributed by atoms with Crippen LogP contribution in [0.5, 0.6) is 0 Å². The van der Waals surface area contributed by atoms with Crippen LogP contribution in [0.4, 0.5) is 0 Å². The molecule has 140 valence electrons. The quantitative estimate of drug-likeness (QED) is 0.818. The summed E-state index contributed by atoms with van der Waals surface area (Å²) in [6, 6.07) is 0. The van der Waals surface area contributed by atoms with Gasteiger partial charge in [0.05, 0.1) is 19.1 Å². The molecule has 0 aromatic heterocycles. The Morgan fingerprint density at radius 2 is 1.32 bits per heavy atom. The average Bonchev–Trinajstić information content (AvgIpc) is 2.67. The lowest BCUT2D eigenvalue weighted by molar-refractivity contribution is -0.148. The molecule has 0 bridgehead atoms. The van der Waals surface area contributed by atoms with Crippen molar-refractivity contribution in [1.82, 2.24) is 9.80 Å². The minimum absolute atomic E-state index is 0.000254. The zero-order valence-electron chi connectivity index (χ0n) is 14.7. The molecule has 2 unspecified atom stereocenters. The van der Waals surface area contributed by atoms with E-state index in [1.807, 2.05) is 9.80 Å². The number of aliphatic carboxylic acids is 1. The van der Waals surface area contributed by atoms with Crippen molar-refractivity contribution in [3.05, 3.63) is 0 Å². The molecule has 0 aromatic rings. The maximum Gasteiger partial charge on any atom is 0.306 e. The van der Waals surface area contributed by atoms with Gasteiger partial charge in [0.15, 0.2) is 0 Å². The maximum absolute atomic E-state index is 12.7. The van der Waals surface area contributed by atoms with E-state index in [1.165, 1.54) is 0 Å². The van der Waals surface area contributed by atoms with Crippen molar-refractivity contribution in [3.8, 4) is 0 Å². The van der Waals surface area contributed by atoms with E-state index in [9.17, 15) is 19.5 Å². The SMILES string of the molecule is O=C(O)C1CCCC(C(=O)N2CCC(C(=O)N3CCOCC3)CC2)C1. The summed E-state index contributed by atoms with van der Waals surface area (Å²) in [6.45, 7) is 3.75. The van der Waals surface area contributed by atoms with Gasteiger partial charge in [0.2, 0.25) is 11.8 Å². The summed E-state index contributed by atoms with van der Waals surface area (Å²) >= 11 is 0. The molecular weight excluding hydrogens is 324 g/mol. The number of carbonyl (C=O) groups excluding carboxylic acids is 2. The Bertz CT molecular complexity index is 510. The average molecular weight is 352 g/mol. The van der Waals surface area contributed by atoms with Gasteiger partial charge in [-0.1, -0.05) is 6.42 Å². The van der Waals surface area contributed by atoms with E-state index in [0.29, 0.717) is 65.1 Å². The summed E-state index contributed by atoms with van der Waals surface area (Å²) in [7, 11) is 0. The van der Waals surface area contributed by atoms with Gasteiger partial charge in [0.1, 0.15) is 0 Å². The first-order chi connectivity index (χ1) is 12.1. The van der Waals surface area contributed by atoms with Crippen LogP contribution in [0.25, 0.3) is 0 Å². The van der Waals surface area contributed by atoms with Crippen molar-refractivity contribution in [1.29, 1.82) is 0 Å². The molecule has 2 amide bonds. The zero-order chi connectivity index (χ0) is 17.8. The second-order valence-electron chi connectivity index (χ2n) is 7.44. The highest BCUT2D eigenvalue weighted by atomic mass is 16.5. The lowest BCUT2D eigenvalue weighted by atomic mass is 9.80. The summed E-state index contributed by atoms with van der Waals surface area (Å²) in [4.78, 5) is 40.2. The number of likely N-dealkylation sites (tertiary alicyclic amines) is 1. The Labute approximate surface area is 148 Å². The van der Waals surface area contributed by atoms with Crippen LogP contribution in [0, 0.1) is 17.8 Å². The molecule has 2 saturated heterocycles. The van der Waals surface area contributed by atoms with Crippen LogP contribution in [0.3, 0.4) is 0 Å². The lowest BCUT2D eigenvalue weighted by Crippen LogP contribution is -2.48. The molecule has 7 nitrogen and oxygen atoms in total. The van der Waals surface area contributed by atoms with Gasteiger partial charge in [0, 0.05) is 38.0 Å². The Balaban J connectivity index is 1.49. The monoisotopic (exact) mass is 352 g/mol. The number of carbonyl (C=O) groups is 3. The molecule has 3 rings (SSSR count). The highest BCUT2D eigenvalue weighted by Crippen LogP contribution is 2.32. The molecule has 1 N–H and O–H groups in total. The van der Waals surface area contributed by atoms with Gasteiger partial charge in [-0.15, -0.1) is 0 Å². The fraction of sp³-hybridized carbons (Fsp3) is 0.833. The summed E-state index contributed by atoms with van der Waals surface area (Å²) in [6.07, 6.45) is 4.14. The van der Waals surface area contributed by atoms with Crippen LogP contribution >= 0.6 is 0 Å². The number of rotatable bonds is 3. The van der Waals surface area contributed by atoms with Crippen molar-refractivity contribution in [2.75, 3.05) is 39.4 Å². The fourth-order valence-electron chi connectivity index (χ4n) is 4.29. The number of morpholine rings is 1. The Morgan fingerprint density at radius 3 is 1.96 bits per heavy atom. The molecule has 0 spiro atoms. The minimum Gasteiger partial charge on any atom is -0.481 e. The Kier molecular flexibility index (Phi) is 5.93. The summed E-state index contributed by atoms with van der Waals surface area (Å²) in [5.74, 6) is -1.06.